The van der Waals surface area contributed by atoms with E-state index in [1.807, 2.05) is 0 Å². The van der Waals surface area contributed by atoms with Crippen LogP contribution in [0.25, 0.3) is 0 Å². The third-order valence-electron chi connectivity index (χ3n) is 0. The first-order valence-electron chi connectivity index (χ1n) is 0.600. The van der Waals surface area contributed by atoms with Crippen molar-refractivity contribution in [1.82, 2.24) is 0 Å². The Kier molecular flexibility index (Phi) is 25.2. The summed E-state index contributed by atoms with van der Waals surface area (Å²) in [7, 11) is -2.62. The predicted molar refractivity (Wildman–Crippen MR) is 14.7 cm³/mol. The Hall–Kier alpha value is 1.43. The Morgan fingerprint density at radius 3 is 1.17 bits per heavy atom. The fourth-order valence-electron chi connectivity index (χ4n) is 0. The van der Waals surface area contributed by atoms with Crippen molar-refractivity contribution in [3.63, 3.8) is 0 Å². The zero-order valence-corrected chi connectivity index (χ0v) is 5.14. The molecule has 0 aliphatic rings. The fourth-order valence-corrected chi connectivity index (χ4v) is 0. The molecular weight excluding hydrogens is 142 g/mol. The summed E-state index contributed by atoms with van der Waals surface area (Å²) in [5.41, 5.74) is 0. The van der Waals surface area contributed by atoms with Crippen LogP contribution >= 0.6 is 8.60 Å². The first-order chi connectivity index (χ1) is 1.73. The quantitative estimate of drug-likeness (QED) is 0.243. The topological polar surface area (TPSA) is 60.7 Å². The van der Waals surface area contributed by atoms with Crippen molar-refractivity contribution >= 4 is 8.60 Å². The largest absolute Gasteiger partial charge is 1.00 e. The standard InChI is InChI=1S/Fe.Li.H3O3P.H/c;;1-4(2)3;/h;;1-3H;/q;+1;;-1. The van der Waals surface area contributed by atoms with E-state index in [0.29, 0.717) is 0 Å². The summed E-state index contributed by atoms with van der Waals surface area (Å²) in [5, 5.41) is 0. The van der Waals surface area contributed by atoms with Gasteiger partial charge < -0.3 is 16.1 Å². The van der Waals surface area contributed by atoms with Crippen LogP contribution in [0.5, 0.6) is 0 Å². The summed E-state index contributed by atoms with van der Waals surface area (Å²) < 4.78 is 0. The molecule has 6 heavy (non-hydrogen) atoms. The van der Waals surface area contributed by atoms with E-state index < -0.39 is 8.60 Å². The molecule has 0 rings (SSSR count). The van der Waals surface area contributed by atoms with Gasteiger partial charge >= 0.3 is 27.5 Å². The molecule has 0 aliphatic carbocycles. The maximum atomic E-state index is 7.23. The number of rotatable bonds is 0. The molecule has 3 nitrogen and oxygen atoms in total. The summed E-state index contributed by atoms with van der Waals surface area (Å²) >= 11 is 0. The zero-order valence-electron chi connectivity index (χ0n) is 4.14. The predicted octanol–water partition coefficient (Wildman–Crippen LogP) is -3.70. The molecule has 3 N–H and O–H groups in total. The molecule has 0 aromatic carbocycles. The van der Waals surface area contributed by atoms with Gasteiger partial charge in [-0.15, -0.1) is 0 Å². The van der Waals surface area contributed by atoms with Crippen LogP contribution in [-0.4, -0.2) is 14.7 Å². The summed E-state index contributed by atoms with van der Waals surface area (Å²) in [6.45, 7) is 0. The molecule has 0 spiro atoms. The van der Waals surface area contributed by atoms with Gasteiger partial charge in [0.05, 0.1) is 0 Å². The summed E-state index contributed by atoms with van der Waals surface area (Å²) in [5.74, 6) is 0. The van der Waals surface area contributed by atoms with Crippen molar-refractivity contribution in [2.75, 3.05) is 0 Å². The molecule has 0 unspecified atom stereocenters. The van der Waals surface area contributed by atoms with Gasteiger partial charge in [-0.2, -0.15) is 0 Å². The monoisotopic (exact) mass is 146 g/mol. The SMILES string of the molecule is OP(O)O.[Fe].[H-].[Li+]. The van der Waals surface area contributed by atoms with Gasteiger partial charge in [0.1, 0.15) is 0 Å². The Labute approximate surface area is 60.9 Å². The average Bonchev–Trinajstić information content (AvgIpc) is 0.811. The summed E-state index contributed by atoms with van der Waals surface area (Å²) in [6, 6.07) is 0. The van der Waals surface area contributed by atoms with Crippen LogP contribution < -0.4 is 18.9 Å². The van der Waals surface area contributed by atoms with Crippen molar-refractivity contribution in [3.05, 3.63) is 0 Å². The van der Waals surface area contributed by atoms with Crippen molar-refractivity contribution in [2.45, 2.75) is 0 Å². The molecule has 0 bridgehead atoms. The second-order valence-corrected chi connectivity index (χ2v) is 0.805. The molecule has 0 saturated heterocycles. The molecule has 0 aromatic rings. The smallest absolute Gasteiger partial charge is 1.00 e. The van der Waals surface area contributed by atoms with Crippen molar-refractivity contribution in [2.24, 2.45) is 0 Å². The van der Waals surface area contributed by atoms with E-state index in [-0.39, 0.29) is 37.4 Å². The third kappa shape index (κ3) is 52.2. The molecule has 36 valence electrons. The molecule has 0 aromatic heterocycles. The van der Waals surface area contributed by atoms with Crippen LogP contribution in [0.3, 0.4) is 0 Å². The zero-order chi connectivity index (χ0) is 3.58. The van der Waals surface area contributed by atoms with E-state index in [9.17, 15) is 0 Å². The molecule has 0 radical (unpaired) electrons. The fraction of sp³-hybridized carbons (Fsp3) is 0. The van der Waals surface area contributed by atoms with Crippen molar-refractivity contribution in [1.29, 1.82) is 0 Å². The van der Waals surface area contributed by atoms with Gasteiger partial charge in [0, 0.05) is 17.1 Å². The van der Waals surface area contributed by atoms with Crippen LogP contribution in [0, 0.1) is 0 Å². The van der Waals surface area contributed by atoms with Crippen LogP contribution in [0.2, 0.25) is 0 Å². The summed E-state index contributed by atoms with van der Waals surface area (Å²) in [6.07, 6.45) is 0. The van der Waals surface area contributed by atoms with Crippen LogP contribution in [-0.2, 0) is 17.1 Å². The minimum absolute atomic E-state index is 0. The second kappa shape index (κ2) is 9.66. The maximum absolute atomic E-state index is 7.23. The number of hydrogen-bond acceptors (Lipinski definition) is 3. The Bertz CT molecular complexity index is 19.7. The minimum atomic E-state index is -2.62. The van der Waals surface area contributed by atoms with E-state index in [1.54, 1.807) is 0 Å². The molecule has 0 atom stereocenters. The van der Waals surface area contributed by atoms with E-state index in [0.717, 1.165) is 0 Å². The number of hydrogen-bond donors (Lipinski definition) is 3. The van der Waals surface area contributed by atoms with Crippen molar-refractivity contribution in [3.8, 4) is 0 Å². The van der Waals surface area contributed by atoms with Gasteiger partial charge in [-0.05, 0) is 0 Å². The van der Waals surface area contributed by atoms with Crippen molar-refractivity contribution < 1.29 is 52.0 Å². The molecule has 0 heterocycles. The van der Waals surface area contributed by atoms with Crippen LogP contribution in [0.15, 0.2) is 0 Å². The van der Waals surface area contributed by atoms with E-state index in [2.05, 4.69) is 0 Å². The van der Waals surface area contributed by atoms with Gasteiger partial charge in [0.15, 0.2) is 0 Å². The molecule has 0 aliphatic heterocycles. The molecule has 0 amide bonds. The van der Waals surface area contributed by atoms with Gasteiger partial charge in [-0.3, -0.25) is 0 Å². The Morgan fingerprint density at radius 1 is 1.17 bits per heavy atom. The van der Waals surface area contributed by atoms with Crippen LogP contribution in [0.1, 0.15) is 1.43 Å². The second-order valence-electron chi connectivity index (χ2n) is 0.268. The van der Waals surface area contributed by atoms with Crippen LogP contribution in [0.4, 0.5) is 0 Å². The molecule has 6 heteroatoms. The molecular formula is H4FeLiO3P. The van der Waals surface area contributed by atoms with E-state index >= 15 is 0 Å². The van der Waals surface area contributed by atoms with Gasteiger partial charge in [0.2, 0.25) is 0 Å². The van der Waals surface area contributed by atoms with Gasteiger partial charge in [-0.25, -0.2) is 0 Å². The Morgan fingerprint density at radius 2 is 1.17 bits per heavy atom. The maximum Gasteiger partial charge on any atom is 1.00 e. The first kappa shape index (κ1) is 15.7. The minimum Gasteiger partial charge on any atom is -1.00 e. The summed E-state index contributed by atoms with van der Waals surface area (Å²) in [4.78, 5) is 21.7. The van der Waals surface area contributed by atoms with Gasteiger partial charge in [-0.1, -0.05) is 0 Å². The Balaban J connectivity index is -0.0000000150. The normalized spacial score (nSPS) is 6.00. The molecule has 0 fully saturated rings. The van der Waals surface area contributed by atoms with Gasteiger partial charge in [0.25, 0.3) is 0 Å². The van der Waals surface area contributed by atoms with E-state index in [1.165, 1.54) is 0 Å². The van der Waals surface area contributed by atoms with E-state index in [4.69, 9.17) is 14.7 Å². The average molecular weight is 146 g/mol. The third-order valence-corrected chi connectivity index (χ3v) is 0. The molecule has 0 saturated carbocycles. The first-order valence-corrected chi connectivity index (χ1v) is 1.80.